The minimum absolute atomic E-state index is 0.135. The summed E-state index contributed by atoms with van der Waals surface area (Å²) in [6.07, 6.45) is 4.33. The molecule has 5 heteroatoms. The number of thiol groups is 1. The van der Waals surface area contributed by atoms with Gasteiger partial charge in [-0.2, -0.15) is 4.52 Å². The minimum atomic E-state index is -2.40. The maximum absolute atomic E-state index is 9.75. The number of aliphatic hydroxyl groups excluding tert-OH is 1. The predicted octanol–water partition coefficient (Wildman–Crippen LogP) is 2.65. The highest BCUT2D eigenvalue weighted by Crippen LogP contribution is 2.61. The van der Waals surface area contributed by atoms with Gasteiger partial charge in [0.05, 0.1) is 18.4 Å². The first kappa shape index (κ1) is 13.7. The molecule has 3 nitrogen and oxygen atoms in total. The second-order valence-corrected chi connectivity index (χ2v) is 8.41. The second kappa shape index (κ2) is 5.83. The van der Waals surface area contributed by atoms with Crippen LogP contribution in [0.25, 0.3) is 0 Å². The smallest absolute Gasteiger partial charge is 0.327 e. The molecular weight excluding hydrogens is 231 g/mol. The summed E-state index contributed by atoms with van der Waals surface area (Å²) in [5.41, 5.74) is 0. The Labute approximate surface area is 97.9 Å². The highest BCUT2D eigenvalue weighted by molar-refractivity contribution is 8.49. The molecule has 2 unspecified atom stereocenters. The average Bonchev–Trinajstić information content (AvgIpc) is 2.18. The lowest BCUT2D eigenvalue weighted by molar-refractivity contribution is 0.0611. The highest BCUT2D eigenvalue weighted by atomic mass is 32.7. The third-order valence-corrected chi connectivity index (χ3v) is 5.72. The molecule has 0 aliphatic heterocycles. The second-order valence-electron chi connectivity index (χ2n) is 4.36. The molecule has 0 bridgehead atoms. The van der Waals surface area contributed by atoms with Crippen LogP contribution in [0.15, 0.2) is 0 Å². The standard InChI is InChI=1S/C10H22O3PS/c1-3-14(12,15)13-10-6-4-9(5-7-10)8(2)11/h8-12,15H,3-7H2,1-2H3/q+1. The summed E-state index contributed by atoms with van der Waals surface area (Å²) >= 11 is 4.16. The van der Waals surface area contributed by atoms with Crippen molar-refractivity contribution in [1.29, 1.82) is 0 Å². The van der Waals surface area contributed by atoms with Crippen LogP contribution in [0.5, 0.6) is 0 Å². The summed E-state index contributed by atoms with van der Waals surface area (Å²) in [5, 5.41) is 9.44. The molecule has 1 aliphatic rings. The van der Waals surface area contributed by atoms with E-state index in [0.29, 0.717) is 12.1 Å². The largest absolute Gasteiger partial charge is 0.393 e. The van der Waals surface area contributed by atoms with E-state index in [-0.39, 0.29) is 12.2 Å². The number of hydrogen-bond donors (Lipinski definition) is 3. The van der Waals surface area contributed by atoms with Gasteiger partial charge in [-0.25, -0.2) is 4.89 Å². The first-order valence-electron chi connectivity index (χ1n) is 5.64. The van der Waals surface area contributed by atoms with Crippen LogP contribution in [0, 0.1) is 5.92 Å². The molecule has 15 heavy (non-hydrogen) atoms. The summed E-state index contributed by atoms with van der Waals surface area (Å²) in [7, 11) is 0. The van der Waals surface area contributed by atoms with Gasteiger partial charge < -0.3 is 5.11 Å². The molecule has 0 radical (unpaired) electrons. The Morgan fingerprint density at radius 1 is 1.40 bits per heavy atom. The summed E-state index contributed by atoms with van der Waals surface area (Å²) in [4.78, 5) is 9.75. The Hall–Kier alpha value is 0.660. The summed E-state index contributed by atoms with van der Waals surface area (Å²) in [6, 6.07) is 0. The van der Waals surface area contributed by atoms with Crippen LogP contribution in [0.2, 0.25) is 0 Å². The molecule has 2 N–H and O–H groups in total. The van der Waals surface area contributed by atoms with Gasteiger partial charge in [-0.15, -0.1) is 0 Å². The van der Waals surface area contributed by atoms with Crippen molar-refractivity contribution in [1.82, 2.24) is 0 Å². The Kier molecular flexibility index (Phi) is 5.33. The molecule has 1 aliphatic carbocycles. The highest BCUT2D eigenvalue weighted by Gasteiger charge is 2.37. The zero-order chi connectivity index (χ0) is 11.5. The van der Waals surface area contributed by atoms with Crippen molar-refractivity contribution in [3.63, 3.8) is 0 Å². The fourth-order valence-electron chi connectivity index (χ4n) is 1.99. The topological polar surface area (TPSA) is 49.7 Å². The maximum atomic E-state index is 9.75. The van der Waals surface area contributed by atoms with Crippen molar-refractivity contribution in [2.75, 3.05) is 6.16 Å². The van der Waals surface area contributed by atoms with Crippen molar-refractivity contribution in [2.45, 2.75) is 51.7 Å². The van der Waals surface area contributed by atoms with Crippen molar-refractivity contribution < 1.29 is 14.5 Å². The molecule has 90 valence electrons. The van der Waals surface area contributed by atoms with E-state index in [1.54, 1.807) is 0 Å². The quantitative estimate of drug-likeness (QED) is 0.533. The number of aliphatic hydroxyl groups is 1. The van der Waals surface area contributed by atoms with Crippen LogP contribution in [0.3, 0.4) is 0 Å². The van der Waals surface area contributed by atoms with Gasteiger partial charge in [-0.1, -0.05) is 0 Å². The van der Waals surface area contributed by atoms with Crippen molar-refractivity contribution in [2.24, 2.45) is 5.92 Å². The summed E-state index contributed by atoms with van der Waals surface area (Å²) < 4.78 is 5.61. The van der Waals surface area contributed by atoms with E-state index >= 15 is 0 Å². The molecular formula is C10H22O3PS+. The van der Waals surface area contributed by atoms with Crippen LogP contribution in [-0.4, -0.2) is 28.4 Å². The van der Waals surface area contributed by atoms with E-state index in [4.69, 9.17) is 4.52 Å². The zero-order valence-corrected chi connectivity index (χ0v) is 11.3. The van der Waals surface area contributed by atoms with E-state index in [1.165, 1.54) is 0 Å². The molecule has 0 aromatic heterocycles. The third-order valence-electron chi connectivity index (χ3n) is 3.13. The van der Waals surface area contributed by atoms with Crippen LogP contribution >= 0.6 is 19.2 Å². The van der Waals surface area contributed by atoms with Crippen molar-refractivity contribution in [3.8, 4) is 0 Å². The van der Waals surface area contributed by atoms with Gasteiger partial charge in [-0.05, 0) is 45.4 Å². The van der Waals surface area contributed by atoms with Gasteiger partial charge in [-0.3, -0.25) is 0 Å². The summed E-state index contributed by atoms with van der Waals surface area (Å²) in [6.45, 7) is 1.33. The Balaban J connectivity index is 2.32. The Bertz CT molecular complexity index is 191. The lowest BCUT2D eigenvalue weighted by Crippen LogP contribution is -2.27. The Morgan fingerprint density at radius 2 is 1.93 bits per heavy atom. The molecule has 1 rings (SSSR count). The minimum Gasteiger partial charge on any atom is -0.393 e. The van der Waals surface area contributed by atoms with Gasteiger partial charge in [0.15, 0.2) is 0 Å². The van der Waals surface area contributed by atoms with Crippen LogP contribution in [-0.2, 0) is 4.52 Å². The van der Waals surface area contributed by atoms with Crippen LogP contribution < -0.4 is 0 Å². The summed E-state index contributed by atoms with van der Waals surface area (Å²) in [5.74, 6) is 0.401. The lowest BCUT2D eigenvalue weighted by Gasteiger charge is -2.29. The molecule has 0 heterocycles. The molecule has 1 fully saturated rings. The van der Waals surface area contributed by atoms with Gasteiger partial charge in [0, 0.05) is 0 Å². The van der Waals surface area contributed by atoms with Crippen LogP contribution in [0.4, 0.5) is 0 Å². The predicted molar refractivity (Wildman–Crippen MR) is 67.2 cm³/mol. The molecule has 0 saturated heterocycles. The van der Waals surface area contributed by atoms with Crippen molar-refractivity contribution >= 4 is 19.2 Å². The fourth-order valence-corrected chi connectivity index (χ4v) is 3.23. The zero-order valence-electron chi connectivity index (χ0n) is 9.46. The van der Waals surface area contributed by atoms with E-state index in [1.807, 2.05) is 13.8 Å². The van der Waals surface area contributed by atoms with Gasteiger partial charge in [0.25, 0.3) is 0 Å². The molecule has 1 saturated carbocycles. The molecule has 2 atom stereocenters. The van der Waals surface area contributed by atoms with E-state index in [0.717, 1.165) is 25.7 Å². The first-order chi connectivity index (χ1) is 6.94. The average molecular weight is 253 g/mol. The van der Waals surface area contributed by atoms with Gasteiger partial charge >= 0.3 is 6.92 Å². The van der Waals surface area contributed by atoms with E-state index in [2.05, 4.69) is 12.2 Å². The van der Waals surface area contributed by atoms with Crippen molar-refractivity contribution in [3.05, 3.63) is 0 Å². The van der Waals surface area contributed by atoms with E-state index in [9.17, 15) is 10.00 Å². The number of hydrogen-bond acceptors (Lipinski definition) is 4. The monoisotopic (exact) mass is 253 g/mol. The normalized spacial score (nSPS) is 33.4. The maximum Gasteiger partial charge on any atom is 0.327 e. The fraction of sp³-hybridized carbons (Fsp3) is 1.00. The number of rotatable bonds is 4. The molecule has 0 aromatic carbocycles. The molecule has 0 amide bonds. The SMILES string of the molecule is CC[P+](O)(S)OC1CCC(C(C)O)CC1. The van der Waals surface area contributed by atoms with E-state index < -0.39 is 6.92 Å². The molecule has 0 aromatic rings. The molecule has 0 spiro atoms. The van der Waals surface area contributed by atoms with Gasteiger partial charge in [0.1, 0.15) is 12.3 Å². The third kappa shape index (κ3) is 4.58. The Morgan fingerprint density at radius 3 is 2.33 bits per heavy atom. The lowest BCUT2D eigenvalue weighted by atomic mass is 9.84. The van der Waals surface area contributed by atoms with Gasteiger partial charge in [0.2, 0.25) is 0 Å². The first-order valence-corrected chi connectivity index (χ1v) is 8.64. The van der Waals surface area contributed by atoms with Crippen LogP contribution in [0.1, 0.15) is 39.5 Å².